The van der Waals surface area contributed by atoms with E-state index in [-0.39, 0.29) is 12.1 Å². The zero-order chi connectivity index (χ0) is 17.0. The molecule has 1 amide bonds. The predicted molar refractivity (Wildman–Crippen MR) is 88.2 cm³/mol. The van der Waals surface area contributed by atoms with Crippen molar-refractivity contribution in [3.05, 3.63) is 23.9 Å². The van der Waals surface area contributed by atoms with E-state index in [9.17, 15) is 10.1 Å². The zero-order valence-corrected chi connectivity index (χ0v) is 14.2. The second kappa shape index (κ2) is 6.86. The summed E-state index contributed by atoms with van der Waals surface area (Å²) in [7, 11) is 1.77. The number of ether oxygens (including phenoxy) is 1. The zero-order valence-electron chi connectivity index (χ0n) is 14.2. The normalized spacial score (nSPS) is 18.2. The average Bonchev–Trinajstić information content (AvgIpc) is 2.52. The van der Waals surface area contributed by atoms with Crippen LogP contribution in [0.3, 0.4) is 0 Å². The smallest absolute Gasteiger partial charge is 0.410 e. The van der Waals surface area contributed by atoms with Crippen molar-refractivity contribution in [2.45, 2.75) is 45.3 Å². The Balaban J connectivity index is 2.09. The van der Waals surface area contributed by atoms with E-state index >= 15 is 0 Å². The Morgan fingerprint density at radius 3 is 2.91 bits per heavy atom. The number of carbonyl (C=O) groups is 1. The lowest BCUT2D eigenvalue weighted by molar-refractivity contribution is 0.0209. The first-order chi connectivity index (χ1) is 10.8. The molecule has 124 valence electrons. The molecule has 0 aliphatic carbocycles. The van der Waals surface area contributed by atoms with E-state index in [0.29, 0.717) is 17.9 Å². The molecule has 1 aliphatic heterocycles. The third-order valence-electron chi connectivity index (χ3n) is 3.83. The molecule has 1 aliphatic rings. The van der Waals surface area contributed by atoms with Crippen LogP contribution in [0.15, 0.2) is 18.3 Å². The van der Waals surface area contributed by atoms with Crippen molar-refractivity contribution in [2.24, 2.45) is 0 Å². The van der Waals surface area contributed by atoms with Crippen LogP contribution < -0.4 is 4.90 Å². The predicted octanol–water partition coefficient (Wildman–Crippen LogP) is 2.79. The summed E-state index contributed by atoms with van der Waals surface area (Å²) in [5.74, 6) is 0.692. The Morgan fingerprint density at radius 1 is 1.52 bits per heavy atom. The highest BCUT2D eigenvalue weighted by molar-refractivity contribution is 5.68. The molecule has 1 aromatic rings. The number of pyridine rings is 1. The van der Waals surface area contributed by atoms with Gasteiger partial charge >= 0.3 is 6.09 Å². The SMILES string of the molecule is CN(C(=O)OC(C)(C)C)C1CCCN(c2ncccc2C#N)C1. The number of anilines is 1. The van der Waals surface area contributed by atoms with E-state index in [0.717, 1.165) is 19.4 Å². The molecule has 1 fully saturated rings. The lowest BCUT2D eigenvalue weighted by Gasteiger charge is -2.38. The van der Waals surface area contributed by atoms with Gasteiger partial charge in [-0.2, -0.15) is 5.26 Å². The molecule has 0 spiro atoms. The van der Waals surface area contributed by atoms with Gasteiger partial charge in [0.05, 0.1) is 11.6 Å². The molecule has 0 bridgehead atoms. The summed E-state index contributed by atoms with van der Waals surface area (Å²) in [5.41, 5.74) is 0.0577. The largest absolute Gasteiger partial charge is 0.444 e. The van der Waals surface area contributed by atoms with Crippen molar-refractivity contribution in [3.63, 3.8) is 0 Å². The number of nitriles is 1. The van der Waals surface area contributed by atoms with E-state index in [1.54, 1.807) is 30.3 Å². The van der Waals surface area contributed by atoms with Gasteiger partial charge < -0.3 is 14.5 Å². The van der Waals surface area contributed by atoms with E-state index in [1.807, 2.05) is 20.8 Å². The number of nitrogens with zero attached hydrogens (tertiary/aromatic N) is 4. The number of rotatable bonds is 2. The number of aromatic nitrogens is 1. The van der Waals surface area contributed by atoms with Crippen LogP contribution in [0.2, 0.25) is 0 Å². The lowest BCUT2D eigenvalue weighted by Crippen LogP contribution is -2.50. The Morgan fingerprint density at radius 2 is 2.26 bits per heavy atom. The van der Waals surface area contributed by atoms with E-state index in [1.165, 1.54) is 0 Å². The topological polar surface area (TPSA) is 69.5 Å². The van der Waals surface area contributed by atoms with Gasteiger partial charge in [0.2, 0.25) is 0 Å². The van der Waals surface area contributed by atoms with Crippen molar-refractivity contribution in [2.75, 3.05) is 25.0 Å². The summed E-state index contributed by atoms with van der Waals surface area (Å²) in [6.07, 6.45) is 3.24. The first-order valence-corrected chi connectivity index (χ1v) is 7.87. The third-order valence-corrected chi connectivity index (χ3v) is 3.83. The Bertz CT molecular complexity index is 603. The summed E-state index contributed by atoms with van der Waals surface area (Å²) in [5, 5.41) is 9.24. The van der Waals surface area contributed by atoms with Crippen molar-refractivity contribution in [1.82, 2.24) is 9.88 Å². The first-order valence-electron chi connectivity index (χ1n) is 7.87. The first kappa shape index (κ1) is 17.1. The molecular formula is C17H24N4O2. The summed E-state index contributed by atoms with van der Waals surface area (Å²) >= 11 is 0. The van der Waals surface area contributed by atoms with Gasteiger partial charge in [-0.05, 0) is 45.7 Å². The maximum absolute atomic E-state index is 12.2. The summed E-state index contributed by atoms with van der Waals surface area (Å²) < 4.78 is 5.44. The van der Waals surface area contributed by atoms with Crippen LogP contribution in [-0.2, 0) is 4.74 Å². The summed E-state index contributed by atoms with van der Waals surface area (Å²) in [6.45, 7) is 7.07. The fourth-order valence-electron chi connectivity index (χ4n) is 2.68. The Kier molecular flexibility index (Phi) is 5.09. The molecule has 0 radical (unpaired) electrons. The second-order valence-corrected chi connectivity index (χ2v) is 6.82. The minimum Gasteiger partial charge on any atom is -0.444 e. The fraction of sp³-hybridized carbons (Fsp3) is 0.588. The maximum Gasteiger partial charge on any atom is 0.410 e. The molecule has 0 aromatic carbocycles. The van der Waals surface area contributed by atoms with Crippen molar-refractivity contribution in [1.29, 1.82) is 5.26 Å². The van der Waals surface area contributed by atoms with E-state index in [2.05, 4.69) is 16.0 Å². The Labute approximate surface area is 137 Å². The molecule has 0 saturated carbocycles. The summed E-state index contributed by atoms with van der Waals surface area (Å²) in [6, 6.07) is 5.76. The fourth-order valence-corrected chi connectivity index (χ4v) is 2.68. The van der Waals surface area contributed by atoms with Gasteiger partial charge in [-0.15, -0.1) is 0 Å². The third kappa shape index (κ3) is 4.35. The molecule has 1 unspecified atom stereocenters. The Hall–Kier alpha value is -2.29. The van der Waals surface area contributed by atoms with Gasteiger partial charge in [-0.25, -0.2) is 9.78 Å². The number of carbonyl (C=O) groups excluding carboxylic acids is 1. The molecule has 1 aromatic heterocycles. The number of piperidine rings is 1. The van der Waals surface area contributed by atoms with Crippen molar-refractivity contribution >= 4 is 11.9 Å². The standard InChI is InChI=1S/C17H24N4O2/c1-17(2,3)23-16(22)20(4)14-8-6-10-21(12-14)15-13(11-18)7-5-9-19-15/h5,7,9,14H,6,8,10,12H2,1-4H3. The quantitative estimate of drug-likeness (QED) is 0.839. The van der Waals surface area contributed by atoms with Gasteiger partial charge in [-0.1, -0.05) is 0 Å². The molecule has 2 rings (SSSR count). The molecule has 6 heteroatoms. The maximum atomic E-state index is 12.2. The molecule has 2 heterocycles. The van der Waals surface area contributed by atoms with E-state index < -0.39 is 5.60 Å². The second-order valence-electron chi connectivity index (χ2n) is 6.82. The minimum atomic E-state index is -0.505. The molecule has 1 atom stereocenters. The molecule has 1 saturated heterocycles. The number of hydrogen-bond donors (Lipinski definition) is 0. The van der Waals surface area contributed by atoms with Crippen molar-refractivity contribution < 1.29 is 9.53 Å². The molecular weight excluding hydrogens is 292 g/mol. The van der Waals surface area contributed by atoms with Crippen molar-refractivity contribution in [3.8, 4) is 6.07 Å². The average molecular weight is 316 g/mol. The van der Waals surface area contributed by atoms with Crippen LogP contribution in [-0.4, -0.2) is 47.8 Å². The molecule has 0 N–H and O–H groups in total. The van der Waals surface area contributed by atoms with Crippen LogP contribution in [0.5, 0.6) is 0 Å². The lowest BCUT2D eigenvalue weighted by atomic mass is 10.0. The highest BCUT2D eigenvalue weighted by atomic mass is 16.6. The van der Waals surface area contributed by atoms with Crippen LogP contribution in [0, 0.1) is 11.3 Å². The number of likely N-dealkylation sites (N-methyl/N-ethyl adjacent to an activating group) is 1. The molecule has 23 heavy (non-hydrogen) atoms. The van der Waals surface area contributed by atoms with Crippen LogP contribution in [0.25, 0.3) is 0 Å². The highest BCUT2D eigenvalue weighted by Crippen LogP contribution is 2.24. The van der Waals surface area contributed by atoms with Gasteiger partial charge in [0.1, 0.15) is 17.5 Å². The number of amides is 1. The van der Waals surface area contributed by atoms with Crippen LogP contribution in [0.4, 0.5) is 10.6 Å². The molecule has 6 nitrogen and oxygen atoms in total. The summed E-state index contributed by atoms with van der Waals surface area (Å²) in [4.78, 5) is 20.3. The van der Waals surface area contributed by atoms with Gasteiger partial charge in [-0.3, -0.25) is 0 Å². The van der Waals surface area contributed by atoms with Gasteiger partial charge in [0.25, 0.3) is 0 Å². The monoisotopic (exact) mass is 316 g/mol. The van der Waals surface area contributed by atoms with Crippen LogP contribution in [0.1, 0.15) is 39.2 Å². The van der Waals surface area contributed by atoms with Gasteiger partial charge in [0, 0.05) is 26.3 Å². The van der Waals surface area contributed by atoms with Gasteiger partial charge in [0.15, 0.2) is 0 Å². The number of hydrogen-bond acceptors (Lipinski definition) is 5. The van der Waals surface area contributed by atoms with Crippen LogP contribution >= 0.6 is 0 Å². The minimum absolute atomic E-state index is 0.0483. The van der Waals surface area contributed by atoms with E-state index in [4.69, 9.17) is 4.74 Å². The highest BCUT2D eigenvalue weighted by Gasteiger charge is 2.30.